The lowest BCUT2D eigenvalue weighted by atomic mass is 10.0. The number of amides is 2. The lowest BCUT2D eigenvalue weighted by Crippen LogP contribution is -2.30. The molecule has 2 saturated heterocycles. The average Bonchev–Trinajstić information content (AvgIpc) is 3.99. The molecule has 2 aromatic carbocycles. The van der Waals surface area contributed by atoms with Crippen LogP contribution in [-0.4, -0.2) is 104 Å². The van der Waals surface area contributed by atoms with Crippen LogP contribution in [-0.2, 0) is 53.2 Å². The van der Waals surface area contributed by atoms with Crippen molar-refractivity contribution in [3.05, 3.63) is 105 Å². The maximum Gasteiger partial charge on any atom is 0.337 e. The standard InChI is InChI=1S/C26H33N5O4.C25H31N5O4/c1-5-22-20(14-27-25(32)17-11-16(3)12-18(13-17)26(33)34-4)23(29-19-7-9-35-10-8-19)21-15-28-31(6-2)24(21)30-22;1-4-21-19(13-26-24(31)16-10-15(3)11-17(12-16)25(32)33)22(28-18-6-8-34-9-7-18)20-14-27-30(5-2)23(20)29-21/h11-13,15,19H,5-10,14H2,1-4H3,(H,27,32)(H,29,30);10-12,14,18H,4-9,13H2,1-3H3,(H,26,31)(H,28,29)(H,32,33). The Morgan fingerprint density at radius 1 is 0.638 bits per heavy atom. The van der Waals surface area contributed by atoms with E-state index in [0.29, 0.717) is 49.4 Å². The molecule has 2 aliphatic heterocycles. The molecule has 8 rings (SSSR count). The highest BCUT2D eigenvalue weighted by atomic mass is 16.5. The minimum atomic E-state index is -1.06. The second kappa shape index (κ2) is 22.9. The number of carboxylic acid groups (broad SMARTS) is 1. The normalized spacial score (nSPS) is 14.2. The van der Waals surface area contributed by atoms with Crippen molar-refractivity contribution in [2.45, 2.75) is 118 Å². The quantitative estimate of drug-likeness (QED) is 0.0607. The molecule has 0 bridgehead atoms. The summed E-state index contributed by atoms with van der Waals surface area (Å²) in [4.78, 5) is 59.3. The van der Waals surface area contributed by atoms with Gasteiger partial charge in [0.1, 0.15) is 0 Å². The lowest BCUT2D eigenvalue weighted by Gasteiger charge is -2.26. The molecule has 6 heterocycles. The Bertz CT molecular complexity index is 2820. The van der Waals surface area contributed by atoms with Gasteiger partial charge in [-0.2, -0.15) is 10.2 Å². The van der Waals surface area contributed by atoms with Crippen molar-refractivity contribution in [3.8, 4) is 0 Å². The lowest BCUT2D eigenvalue weighted by molar-refractivity contribution is 0.0599. The molecular weight excluding hydrogens is 881 g/mol. The highest BCUT2D eigenvalue weighted by Crippen LogP contribution is 2.33. The maximum atomic E-state index is 13.1. The molecule has 2 fully saturated rings. The number of esters is 1. The van der Waals surface area contributed by atoms with Gasteiger partial charge in [0, 0.05) is 98.3 Å². The third-order valence-electron chi connectivity index (χ3n) is 12.6. The highest BCUT2D eigenvalue weighted by molar-refractivity contribution is 6.00. The van der Waals surface area contributed by atoms with Crippen molar-refractivity contribution >= 4 is 57.2 Å². The number of carbonyl (C=O) groups is 4. The third kappa shape index (κ3) is 11.7. The number of methoxy groups -OCH3 is 1. The second-order valence-electron chi connectivity index (χ2n) is 17.3. The smallest absolute Gasteiger partial charge is 0.337 e. The summed E-state index contributed by atoms with van der Waals surface area (Å²) in [6.07, 6.45) is 8.73. The van der Waals surface area contributed by atoms with E-state index in [1.807, 2.05) is 49.5 Å². The minimum absolute atomic E-state index is 0.0938. The molecule has 4 aromatic heterocycles. The van der Waals surface area contributed by atoms with Gasteiger partial charge in [-0.05, 0) is 114 Å². The van der Waals surface area contributed by atoms with Crippen LogP contribution in [0.5, 0.6) is 0 Å². The van der Waals surface area contributed by atoms with Gasteiger partial charge < -0.3 is 40.6 Å². The van der Waals surface area contributed by atoms with E-state index in [2.05, 4.69) is 38.4 Å². The first-order valence-electron chi connectivity index (χ1n) is 23.9. The van der Waals surface area contributed by atoms with Crippen molar-refractivity contribution in [2.24, 2.45) is 0 Å². The Morgan fingerprint density at radius 2 is 1.04 bits per heavy atom. The fourth-order valence-electron chi connectivity index (χ4n) is 8.93. The van der Waals surface area contributed by atoms with Gasteiger partial charge >= 0.3 is 11.9 Å². The van der Waals surface area contributed by atoms with Crippen molar-refractivity contribution < 1.29 is 38.5 Å². The molecule has 0 atom stereocenters. The number of carbonyl (C=O) groups excluding carboxylic acids is 3. The zero-order valence-corrected chi connectivity index (χ0v) is 40.7. The Hall–Kier alpha value is -6.92. The van der Waals surface area contributed by atoms with E-state index < -0.39 is 11.9 Å². The fraction of sp³-hybridized carbons (Fsp3) is 0.451. The van der Waals surface area contributed by atoms with E-state index in [4.69, 9.17) is 24.2 Å². The van der Waals surface area contributed by atoms with Crippen LogP contribution in [0.15, 0.2) is 48.8 Å². The molecule has 69 heavy (non-hydrogen) atoms. The summed E-state index contributed by atoms with van der Waals surface area (Å²) < 4.78 is 19.7. The van der Waals surface area contributed by atoms with Crippen LogP contribution >= 0.6 is 0 Å². The molecule has 6 aromatic rings. The first-order valence-corrected chi connectivity index (χ1v) is 23.9. The van der Waals surface area contributed by atoms with Crippen LogP contribution in [0.25, 0.3) is 22.1 Å². The number of ether oxygens (including phenoxy) is 3. The van der Waals surface area contributed by atoms with E-state index >= 15 is 0 Å². The van der Waals surface area contributed by atoms with E-state index in [-0.39, 0.29) is 36.0 Å². The minimum Gasteiger partial charge on any atom is -0.478 e. The third-order valence-corrected chi connectivity index (χ3v) is 12.6. The molecule has 0 saturated carbocycles. The average molecular weight is 945 g/mol. The molecule has 5 N–H and O–H groups in total. The second-order valence-corrected chi connectivity index (χ2v) is 17.3. The monoisotopic (exact) mass is 944 g/mol. The Labute approximate surface area is 401 Å². The van der Waals surface area contributed by atoms with Crippen LogP contribution in [0, 0.1) is 13.8 Å². The summed E-state index contributed by atoms with van der Waals surface area (Å²) >= 11 is 0. The zero-order chi connectivity index (χ0) is 49.2. The number of carboxylic acids is 1. The Balaban J connectivity index is 0.000000204. The van der Waals surface area contributed by atoms with Crippen LogP contribution in [0.2, 0.25) is 0 Å². The fourth-order valence-corrected chi connectivity index (χ4v) is 8.93. The number of nitrogens with zero attached hydrogens (tertiary/aromatic N) is 6. The molecule has 0 aliphatic carbocycles. The SMILES string of the molecule is CCc1nc2c(cnn2CC)c(NC2CCOCC2)c1CNC(=O)c1cc(C)cc(C(=O)O)c1.CCc1nc2c(cnn2CC)c(NC2CCOCC2)c1CNC(=O)c1cc(C)cc(C(=O)OC)c1. The zero-order valence-electron chi connectivity index (χ0n) is 40.7. The molecule has 2 amide bonds. The van der Waals surface area contributed by atoms with Gasteiger partial charge in [0.25, 0.3) is 11.8 Å². The number of aromatic carboxylic acids is 1. The molecule has 2 aliphatic rings. The molecular formula is C51H64N10O8. The van der Waals surface area contributed by atoms with Crippen molar-refractivity contribution in [1.82, 2.24) is 40.2 Å². The van der Waals surface area contributed by atoms with Crippen molar-refractivity contribution in [3.63, 3.8) is 0 Å². The van der Waals surface area contributed by atoms with Gasteiger partial charge in [-0.25, -0.2) is 28.9 Å². The Kier molecular flexibility index (Phi) is 16.6. The number of hydrogen-bond acceptors (Lipinski definition) is 13. The van der Waals surface area contributed by atoms with Gasteiger partial charge in [0.15, 0.2) is 11.3 Å². The summed E-state index contributed by atoms with van der Waals surface area (Å²) in [6.45, 7) is 16.7. The summed E-state index contributed by atoms with van der Waals surface area (Å²) in [7, 11) is 1.33. The van der Waals surface area contributed by atoms with Crippen LogP contribution in [0.3, 0.4) is 0 Å². The van der Waals surface area contributed by atoms with Gasteiger partial charge in [-0.3, -0.25) is 9.59 Å². The predicted octanol–water partition coefficient (Wildman–Crippen LogP) is 7.17. The summed E-state index contributed by atoms with van der Waals surface area (Å²) in [5, 5.41) is 33.7. The van der Waals surface area contributed by atoms with E-state index in [9.17, 15) is 24.3 Å². The van der Waals surface area contributed by atoms with Gasteiger partial charge in [0.2, 0.25) is 0 Å². The van der Waals surface area contributed by atoms with Crippen molar-refractivity contribution in [1.29, 1.82) is 0 Å². The highest BCUT2D eigenvalue weighted by Gasteiger charge is 2.25. The number of nitrogens with one attached hydrogen (secondary N) is 4. The summed E-state index contributed by atoms with van der Waals surface area (Å²) in [6, 6.07) is 10.2. The first-order chi connectivity index (χ1) is 33.3. The van der Waals surface area contributed by atoms with Crippen LogP contribution in [0.1, 0.15) is 128 Å². The van der Waals surface area contributed by atoms with Gasteiger partial charge in [-0.1, -0.05) is 13.8 Å². The number of rotatable bonds is 16. The molecule has 0 spiro atoms. The summed E-state index contributed by atoms with van der Waals surface area (Å²) in [5.74, 6) is -2.12. The largest absolute Gasteiger partial charge is 0.478 e. The van der Waals surface area contributed by atoms with E-state index in [0.717, 1.165) is 119 Å². The topological polar surface area (TPSA) is 226 Å². The molecule has 18 nitrogen and oxygen atoms in total. The Morgan fingerprint density at radius 3 is 1.43 bits per heavy atom. The predicted molar refractivity (Wildman–Crippen MR) is 263 cm³/mol. The van der Waals surface area contributed by atoms with Gasteiger partial charge in [0.05, 0.1) is 52.8 Å². The van der Waals surface area contributed by atoms with Crippen molar-refractivity contribution in [2.75, 3.05) is 44.2 Å². The summed E-state index contributed by atoms with van der Waals surface area (Å²) in [5.41, 5.74) is 9.99. The molecule has 0 unspecified atom stereocenters. The number of anilines is 2. The number of aryl methyl sites for hydroxylation is 6. The van der Waals surface area contributed by atoms with Crippen LogP contribution < -0.4 is 21.3 Å². The number of benzene rings is 2. The molecule has 366 valence electrons. The molecule has 0 radical (unpaired) electrons. The van der Waals surface area contributed by atoms with E-state index in [1.54, 1.807) is 37.3 Å². The van der Waals surface area contributed by atoms with Crippen LogP contribution in [0.4, 0.5) is 11.4 Å². The number of aromatic nitrogens is 6. The number of fused-ring (bicyclic) bond motifs is 2. The number of pyridine rings is 2. The first kappa shape index (κ1) is 50.0. The molecule has 18 heteroatoms. The van der Waals surface area contributed by atoms with Gasteiger partial charge in [-0.15, -0.1) is 0 Å². The number of hydrogen-bond donors (Lipinski definition) is 5. The van der Waals surface area contributed by atoms with E-state index in [1.165, 1.54) is 13.2 Å². The maximum absolute atomic E-state index is 13.1.